The van der Waals surface area contributed by atoms with E-state index in [1.807, 2.05) is 13.0 Å². The molecule has 0 atom stereocenters. The van der Waals surface area contributed by atoms with Crippen LogP contribution in [-0.2, 0) is 12.8 Å². The quantitative estimate of drug-likeness (QED) is 0.268. The van der Waals surface area contributed by atoms with E-state index >= 15 is 0 Å². The highest BCUT2D eigenvalue weighted by Crippen LogP contribution is 2.31. The first-order valence-electron chi connectivity index (χ1n) is 9.56. The van der Waals surface area contributed by atoms with Crippen LogP contribution in [0.3, 0.4) is 0 Å². The fourth-order valence-corrected chi connectivity index (χ4v) is 3.02. The van der Waals surface area contributed by atoms with Crippen LogP contribution in [0, 0.1) is 0 Å². The maximum absolute atomic E-state index is 12.6. The van der Waals surface area contributed by atoms with E-state index < -0.39 is 11.7 Å². The van der Waals surface area contributed by atoms with Crippen molar-refractivity contribution in [3.8, 4) is 11.5 Å². The second-order valence-electron chi connectivity index (χ2n) is 6.62. The maximum atomic E-state index is 12.6. The van der Waals surface area contributed by atoms with Crippen LogP contribution in [0.15, 0.2) is 65.8 Å². The fourth-order valence-electron chi connectivity index (χ4n) is 2.70. The number of alkyl halides is 3. The van der Waals surface area contributed by atoms with Gasteiger partial charge in [-0.3, -0.25) is 5.43 Å². The van der Waals surface area contributed by atoms with Gasteiger partial charge in [0.1, 0.15) is 6.61 Å². The molecule has 0 aliphatic carbocycles. The number of benzene rings is 3. The molecular formula is C23H19Cl2F3N2O2. The molecule has 0 radical (unpaired) electrons. The van der Waals surface area contributed by atoms with Crippen LogP contribution in [0.5, 0.6) is 11.5 Å². The SMILES string of the molecule is CCOc1cc(/C=N/Nc2ccc(C(F)(F)F)cc2)ccc1OCc1ccc(Cl)c(Cl)c1. The van der Waals surface area contributed by atoms with Crippen molar-refractivity contribution in [3.05, 3.63) is 87.4 Å². The van der Waals surface area contributed by atoms with Crippen molar-refractivity contribution >= 4 is 35.1 Å². The highest BCUT2D eigenvalue weighted by molar-refractivity contribution is 6.42. The van der Waals surface area contributed by atoms with Gasteiger partial charge in [-0.05, 0) is 72.6 Å². The van der Waals surface area contributed by atoms with E-state index in [1.165, 1.54) is 18.3 Å². The van der Waals surface area contributed by atoms with Gasteiger partial charge >= 0.3 is 6.18 Å². The molecule has 0 spiro atoms. The number of nitrogens with one attached hydrogen (secondary N) is 1. The number of hydrogen-bond acceptors (Lipinski definition) is 4. The summed E-state index contributed by atoms with van der Waals surface area (Å²) in [6.07, 6.45) is -2.84. The molecule has 0 saturated heterocycles. The Labute approximate surface area is 193 Å². The van der Waals surface area contributed by atoms with Crippen molar-refractivity contribution in [3.63, 3.8) is 0 Å². The van der Waals surface area contributed by atoms with Crippen LogP contribution in [-0.4, -0.2) is 12.8 Å². The molecule has 3 aromatic rings. The van der Waals surface area contributed by atoms with Crippen molar-refractivity contribution in [2.75, 3.05) is 12.0 Å². The zero-order valence-corrected chi connectivity index (χ0v) is 18.4. The van der Waals surface area contributed by atoms with Gasteiger partial charge in [-0.1, -0.05) is 29.3 Å². The Morgan fingerprint density at radius 3 is 2.31 bits per heavy atom. The summed E-state index contributed by atoms with van der Waals surface area (Å²) in [5.74, 6) is 1.08. The molecule has 0 bridgehead atoms. The van der Waals surface area contributed by atoms with Gasteiger partial charge in [0.15, 0.2) is 11.5 Å². The first-order valence-corrected chi connectivity index (χ1v) is 10.3. The van der Waals surface area contributed by atoms with Gasteiger partial charge in [0.05, 0.1) is 34.1 Å². The number of rotatable bonds is 8. The molecular weight excluding hydrogens is 464 g/mol. The second-order valence-corrected chi connectivity index (χ2v) is 7.44. The minimum Gasteiger partial charge on any atom is -0.490 e. The van der Waals surface area contributed by atoms with E-state index in [0.29, 0.717) is 33.8 Å². The molecule has 0 heterocycles. The minimum absolute atomic E-state index is 0.278. The monoisotopic (exact) mass is 482 g/mol. The minimum atomic E-state index is -4.37. The van der Waals surface area contributed by atoms with E-state index in [-0.39, 0.29) is 6.61 Å². The number of halogens is 5. The third kappa shape index (κ3) is 6.55. The number of ether oxygens (including phenoxy) is 2. The van der Waals surface area contributed by atoms with E-state index in [9.17, 15) is 13.2 Å². The number of hydrazone groups is 1. The van der Waals surface area contributed by atoms with E-state index in [1.54, 1.807) is 30.3 Å². The lowest BCUT2D eigenvalue weighted by molar-refractivity contribution is -0.137. The first kappa shape index (κ1) is 23.8. The van der Waals surface area contributed by atoms with Gasteiger partial charge in [0.2, 0.25) is 0 Å². The first-order chi connectivity index (χ1) is 15.3. The van der Waals surface area contributed by atoms with Crippen molar-refractivity contribution < 1.29 is 22.6 Å². The standard InChI is InChI=1S/C23H19Cl2F3N2O2/c1-2-31-22-12-15(13-29-30-18-7-5-17(6-8-18)23(26,27)28)4-10-21(22)32-14-16-3-9-19(24)20(25)11-16/h3-13,30H,2,14H2,1H3/b29-13+. The summed E-state index contributed by atoms with van der Waals surface area (Å²) in [6.45, 7) is 2.57. The molecule has 168 valence electrons. The summed E-state index contributed by atoms with van der Waals surface area (Å²) >= 11 is 12.0. The normalized spacial score (nSPS) is 11.6. The van der Waals surface area contributed by atoms with Crippen LogP contribution in [0.2, 0.25) is 10.0 Å². The highest BCUT2D eigenvalue weighted by Gasteiger charge is 2.29. The lowest BCUT2D eigenvalue weighted by atomic mass is 10.2. The third-order valence-corrected chi connectivity index (χ3v) is 5.00. The second kappa shape index (κ2) is 10.6. The Kier molecular flexibility index (Phi) is 7.88. The van der Waals surface area contributed by atoms with Gasteiger partial charge in [-0.25, -0.2) is 0 Å². The van der Waals surface area contributed by atoms with E-state index in [4.69, 9.17) is 32.7 Å². The van der Waals surface area contributed by atoms with Crippen molar-refractivity contribution in [2.45, 2.75) is 19.7 Å². The lowest BCUT2D eigenvalue weighted by Gasteiger charge is -2.13. The fraction of sp³-hybridized carbons (Fsp3) is 0.174. The maximum Gasteiger partial charge on any atom is 0.416 e. The summed E-state index contributed by atoms with van der Waals surface area (Å²) in [5.41, 5.74) is 3.99. The Morgan fingerprint density at radius 2 is 1.66 bits per heavy atom. The molecule has 0 fully saturated rings. The Hall–Kier alpha value is -2.90. The lowest BCUT2D eigenvalue weighted by Crippen LogP contribution is -2.04. The van der Waals surface area contributed by atoms with Crippen molar-refractivity contribution in [2.24, 2.45) is 5.10 Å². The predicted molar refractivity (Wildman–Crippen MR) is 121 cm³/mol. The molecule has 0 saturated carbocycles. The van der Waals surface area contributed by atoms with Gasteiger partial charge in [0, 0.05) is 0 Å². The summed E-state index contributed by atoms with van der Waals surface area (Å²) < 4.78 is 49.4. The Bertz CT molecular complexity index is 1090. The average molecular weight is 483 g/mol. The molecule has 0 aromatic heterocycles. The van der Waals surface area contributed by atoms with E-state index in [2.05, 4.69) is 10.5 Å². The Morgan fingerprint density at radius 1 is 0.906 bits per heavy atom. The zero-order chi connectivity index (χ0) is 23.1. The molecule has 0 aliphatic rings. The summed E-state index contributed by atoms with van der Waals surface area (Å²) in [6, 6.07) is 15.2. The molecule has 3 rings (SSSR count). The smallest absolute Gasteiger partial charge is 0.416 e. The molecule has 0 unspecified atom stereocenters. The van der Waals surface area contributed by atoms with Gasteiger partial charge in [-0.15, -0.1) is 0 Å². The number of hydrogen-bond donors (Lipinski definition) is 1. The molecule has 0 amide bonds. The van der Waals surface area contributed by atoms with Crippen LogP contribution in [0.4, 0.5) is 18.9 Å². The topological polar surface area (TPSA) is 42.8 Å². The average Bonchev–Trinajstić information content (AvgIpc) is 2.75. The van der Waals surface area contributed by atoms with Crippen LogP contribution in [0.25, 0.3) is 0 Å². The highest BCUT2D eigenvalue weighted by atomic mass is 35.5. The van der Waals surface area contributed by atoms with Crippen molar-refractivity contribution in [1.29, 1.82) is 0 Å². The van der Waals surface area contributed by atoms with Gasteiger partial charge in [-0.2, -0.15) is 18.3 Å². The van der Waals surface area contributed by atoms with Gasteiger partial charge in [0.25, 0.3) is 0 Å². The number of nitrogens with zero attached hydrogens (tertiary/aromatic N) is 1. The Balaban J connectivity index is 1.66. The summed E-state index contributed by atoms with van der Waals surface area (Å²) in [5, 5.41) is 4.99. The third-order valence-electron chi connectivity index (χ3n) is 4.27. The molecule has 32 heavy (non-hydrogen) atoms. The van der Waals surface area contributed by atoms with Gasteiger partial charge < -0.3 is 9.47 Å². The number of anilines is 1. The molecule has 9 heteroatoms. The van der Waals surface area contributed by atoms with Crippen LogP contribution in [0.1, 0.15) is 23.6 Å². The summed E-state index contributed by atoms with van der Waals surface area (Å²) in [7, 11) is 0. The van der Waals surface area contributed by atoms with Crippen LogP contribution >= 0.6 is 23.2 Å². The molecule has 4 nitrogen and oxygen atoms in total. The largest absolute Gasteiger partial charge is 0.490 e. The summed E-state index contributed by atoms with van der Waals surface area (Å²) in [4.78, 5) is 0. The van der Waals surface area contributed by atoms with E-state index in [0.717, 1.165) is 23.3 Å². The predicted octanol–water partition coefficient (Wildman–Crippen LogP) is 7.44. The van der Waals surface area contributed by atoms with Crippen LogP contribution < -0.4 is 14.9 Å². The molecule has 0 aliphatic heterocycles. The zero-order valence-electron chi connectivity index (χ0n) is 16.9. The van der Waals surface area contributed by atoms with Crippen molar-refractivity contribution in [1.82, 2.24) is 0 Å². The molecule has 3 aromatic carbocycles. The molecule has 1 N–H and O–H groups in total.